The number of aromatic amines is 1. The smallest absolute Gasteiger partial charge is 0.411 e. The Labute approximate surface area is 280 Å². The van der Waals surface area contributed by atoms with E-state index in [9.17, 15) is 14.4 Å². The molecule has 0 saturated carbocycles. The first-order chi connectivity index (χ1) is 22.7. The van der Waals surface area contributed by atoms with E-state index < -0.39 is 24.0 Å². The summed E-state index contributed by atoms with van der Waals surface area (Å²) in [6, 6.07) is 21.2. The molecule has 240 valence electrons. The Balaban J connectivity index is 1.39. The van der Waals surface area contributed by atoms with E-state index in [1.165, 1.54) is 24.1 Å². The van der Waals surface area contributed by atoms with Gasteiger partial charge >= 0.3 is 12.1 Å². The molecule has 0 aliphatic rings. The maximum atomic E-state index is 13.4. The fourth-order valence-electron chi connectivity index (χ4n) is 4.70. The Morgan fingerprint density at radius 1 is 1.04 bits per heavy atom. The molecule has 2 heterocycles. The highest BCUT2D eigenvalue weighted by atomic mass is 35.5. The van der Waals surface area contributed by atoms with Gasteiger partial charge in [0, 0.05) is 34.1 Å². The predicted molar refractivity (Wildman–Crippen MR) is 180 cm³/mol. The summed E-state index contributed by atoms with van der Waals surface area (Å²) >= 11 is 12.9. The number of aromatic nitrogens is 4. The molecule has 3 aromatic carbocycles. The van der Waals surface area contributed by atoms with Crippen molar-refractivity contribution in [3.05, 3.63) is 124 Å². The molecule has 0 radical (unpaired) electrons. The van der Waals surface area contributed by atoms with E-state index in [1.807, 2.05) is 30.3 Å². The van der Waals surface area contributed by atoms with E-state index in [1.54, 1.807) is 61.7 Å². The number of carbonyl (C=O) groups excluding carboxylic acids is 3. The molecule has 1 atom stereocenters. The molecule has 0 saturated heterocycles. The molecule has 5 aromatic rings. The summed E-state index contributed by atoms with van der Waals surface area (Å²) in [5, 5.41) is 10.7. The number of ether oxygens (including phenoxy) is 2. The zero-order valence-corrected chi connectivity index (χ0v) is 26.9. The number of hydrogen-bond donors (Lipinski definition) is 3. The third-order valence-electron chi connectivity index (χ3n) is 6.94. The fraction of sp³-hybridized carbons (Fsp3) is 0.147. The van der Waals surface area contributed by atoms with Crippen molar-refractivity contribution in [1.82, 2.24) is 25.1 Å². The highest BCUT2D eigenvalue weighted by molar-refractivity contribution is 6.32. The lowest BCUT2D eigenvalue weighted by atomic mass is 10.1. The second kappa shape index (κ2) is 15.3. The SMILES string of the molecule is CCOC(=O)c1cnn(-c2ccc(Cl)cc2C=CC(=O)N[C@@H](Cc2ccccc2)c2nc(-c3ccc(NC(=O)OC)cc3)c(Cl)[nH]2)c1. The van der Waals surface area contributed by atoms with E-state index >= 15 is 0 Å². The summed E-state index contributed by atoms with van der Waals surface area (Å²) in [5.41, 5.74) is 4.20. The minimum atomic E-state index is -0.581. The van der Waals surface area contributed by atoms with Crippen molar-refractivity contribution in [3.63, 3.8) is 0 Å². The molecule has 2 amide bonds. The summed E-state index contributed by atoms with van der Waals surface area (Å²) in [6.07, 6.45) is 5.82. The molecular weight excluding hydrogens is 643 g/mol. The highest BCUT2D eigenvalue weighted by Gasteiger charge is 2.21. The topological polar surface area (TPSA) is 140 Å². The second-order valence-corrected chi connectivity index (χ2v) is 11.0. The van der Waals surface area contributed by atoms with Crippen LogP contribution in [0.3, 0.4) is 0 Å². The second-order valence-electron chi connectivity index (χ2n) is 10.2. The van der Waals surface area contributed by atoms with Crippen molar-refractivity contribution in [2.24, 2.45) is 0 Å². The molecule has 2 aromatic heterocycles. The third kappa shape index (κ3) is 8.46. The van der Waals surface area contributed by atoms with Crippen molar-refractivity contribution in [1.29, 1.82) is 0 Å². The van der Waals surface area contributed by atoms with Gasteiger partial charge in [-0.3, -0.25) is 10.1 Å². The van der Waals surface area contributed by atoms with E-state index in [-0.39, 0.29) is 6.61 Å². The number of carbonyl (C=O) groups is 3. The van der Waals surface area contributed by atoms with Crippen molar-refractivity contribution >= 4 is 52.9 Å². The van der Waals surface area contributed by atoms with E-state index in [2.05, 4.69) is 25.5 Å². The summed E-state index contributed by atoms with van der Waals surface area (Å²) in [7, 11) is 1.29. The standard InChI is InChI=1S/C34H30Cl2N6O5/c1-3-47-33(44)24-19-37-42(20-24)28-15-12-25(35)18-23(28)11-16-29(43)39-27(17-21-7-5-4-6-8-21)32-40-30(31(36)41-32)22-9-13-26(14-10-22)38-34(45)46-2/h4-16,18-20,27H,3,17H2,1-2H3,(H,38,45)(H,39,43)(H,40,41)/t27-/m0/s1. The molecule has 0 bridgehead atoms. The Morgan fingerprint density at radius 2 is 1.81 bits per heavy atom. The molecule has 47 heavy (non-hydrogen) atoms. The number of esters is 1. The first-order valence-electron chi connectivity index (χ1n) is 14.5. The van der Waals surface area contributed by atoms with Gasteiger partial charge in [-0.25, -0.2) is 19.3 Å². The van der Waals surface area contributed by atoms with Crippen molar-refractivity contribution in [3.8, 4) is 16.9 Å². The van der Waals surface area contributed by atoms with Crippen molar-refractivity contribution in [2.75, 3.05) is 19.0 Å². The Kier molecular flexibility index (Phi) is 10.7. The van der Waals surface area contributed by atoms with E-state index in [0.717, 1.165) is 5.56 Å². The lowest BCUT2D eigenvalue weighted by Gasteiger charge is -2.16. The van der Waals surface area contributed by atoms with E-state index in [4.69, 9.17) is 32.9 Å². The van der Waals surface area contributed by atoms with Gasteiger partial charge in [0.2, 0.25) is 5.91 Å². The first-order valence-corrected chi connectivity index (χ1v) is 15.2. The number of imidazole rings is 1. The van der Waals surface area contributed by atoms with Crippen LogP contribution in [0.5, 0.6) is 0 Å². The van der Waals surface area contributed by atoms with Crippen molar-refractivity contribution in [2.45, 2.75) is 19.4 Å². The number of halogens is 2. The number of rotatable bonds is 11. The van der Waals surface area contributed by atoms with Crippen molar-refractivity contribution < 1.29 is 23.9 Å². The number of nitrogens with one attached hydrogen (secondary N) is 3. The number of nitrogens with zero attached hydrogens (tertiary/aromatic N) is 3. The molecule has 0 unspecified atom stereocenters. The van der Waals surface area contributed by atoms with Crippen LogP contribution < -0.4 is 10.6 Å². The molecule has 0 fully saturated rings. The molecule has 0 spiro atoms. The number of H-pyrrole nitrogens is 1. The van der Waals surface area contributed by atoms with Crippen LogP contribution in [-0.4, -0.2) is 51.4 Å². The van der Waals surface area contributed by atoms with Gasteiger partial charge < -0.3 is 19.8 Å². The van der Waals surface area contributed by atoms with Gasteiger partial charge in [0.05, 0.1) is 37.2 Å². The molecule has 5 rings (SSSR count). The van der Waals surface area contributed by atoms with Crippen LogP contribution in [-0.2, 0) is 20.7 Å². The largest absolute Gasteiger partial charge is 0.462 e. The summed E-state index contributed by atoms with van der Waals surface area (Å²) in [5.74, 6) is -0.418. The molecule has 0 aliphatic carbocycles. The van der Waals surface area contributed by atoms with Gasteiger partial charge in [0.1, 0.15) is 16.7 Å². The Morgan fingerprint density at radius 3 is 2.53 bits per heavy atom. The van der Waals surface area contributed by atoms with Gasteiger partial charge in [-0.05, 0) is 55.3 Å². The monoisotopic (exact) mass is 672 g/mol. The maximum Gasteiger partial charge on any atom is 0.411 e. The van der Waals surface area contributed by atoms with Gasteiger partial charge in [0.25, 0.3) is 0 Å². The normalized spacial score (nSPS) is 11.7. The molecule has 3 N–H and O–H groups in total. The zero-order valence-electron chi connectivity index (χ0n) is 25.4. The number of hydrogen-bond acceptors (Lipinski definition) is 7. The van der Waals surface area contributed by atoms with Gasteiger partial charge in [-0.15, -0.1) is 0 Å². The average molecular weight is 674 g/mol. The summed E-state index contributed by atoms with van der Waals surface area (Å²) in [4.78, 5) is 44.9. The van der Waals surface area contributed by atoms with Crippen LogP contribution in [0.25, 0.3) is 23.0 Å². The summed E-state index contributed by atoms with van der Waals surface area (Å²) < 4.78 is 11.2. The Hall–Kier alpha value is -5.39. The lowest BCUT2D eigenvalue weighted by Crippen LogP contribution is -2.29. The van der Waals surface area contributed by atoms with Crippen LogP contribution in [0.4, 0.5) is 10.5 Å². The van der Waals surface area contributed by atoms with Gasteiger partial charge in [-0.2, -0.15) is 5.10 Å². The van der Waals surface area contributed by atoms with Crippen LogP contribution in [0.15, 0.2) is 91.3 Å². The number of methoxy groups -OCH3 is 1. The minimum absolute atomic E-state index is 0.244. The summed E-state index contributed by atoms with van der Waals surface area (Å²) in [6.45, 7) is 1.97. The van der Waals surface area contributed by atoms with Crippen LogP contribution >= 0.6 is 23.2 Å². The molecule has 11 nitrogen and oxygen atoms in total. The first kappa shape index (κ1) is 33.0. The van der Waals surface area contributed by atoms with Crippen LogP contribution in [0.1, 0.15) is 40.3 Å². The molecular formula is C34H30Cl2N6O5. The minimum Gasteiger partial charge on any atom is -0.462 e. The number of amides is 2. The molecule has 0 aliphatic heterocycles. The lowest BCUT2D eigenvalue weighted by molar-refractivity contribution is -0.117. The van der Waals surface area contributed by atoms with Crippen LogP contribution in [0, 0.1) is 0 Å². The Bertz CT molecular complexity index is 1900. The van der Waals surface area contributed by atoms with Crippen LogP contribution in [0.2, 0.25) is 10.2 Å². The predicted octanol–water partition coefficient (Wildman–Crippen LogP) is 7.04. The highest BCUT2D eigenvalue weighted by Crippen LogP contribution is 2.30. The quantitative estimate of drug-likeness (QED) is 0.101. The third-order valence-corrected chi connectivity index (χ3v) is 7.45. The van der Waals surface area contributed by atoms with E-state index in [0.29, 0.717) is 56.2 Å². The molecule has 13 heteroatoms. The fourth-order valence-corrected chi connectivity index (χ4v) is 5.13. The maximum absolute atomic E-state index is 13.4. The average Bonchev–Trinajstić information content (AvgIpc) is 3.72. The van der Waals surface area contributed by atoms with Gasteiger partial charge in [-0.1, -0.05) is 65.7 Å². The zero-order chi connectivity index (χ0) is 33.3. The van der Waals surface area contributed by atoms with Gasteiger partial charge in [0.15, 0.2) is 0 Å². The number of anilines is 1. The number of benzene rings is 3.